The number of carbonyl (C=O) groups excluding carboxylic acids is 1. The van der Waals surface area contributed by atoms with E-state index in [0.717, 1.165) is 18.8 Å². The van der Waals surface area contributed by atoms with Gasteiger partial charge in [-0.25, -0.2) is 4.79 Å². The fourth-order valence-electron chi connectivity index (χ4n) is 2.96. The Hall–Kier alpha value is -1.95. The zero-order valence-electron chi connectivity index (χ0n) is 16.0. The molecule has 0 radical (unpaired) electrons. The average molecular weight is 349 g/mol. The maximum Gasteiger partial charge on any atom is 0.412 e. The van der Waals surface area contributed by atoms with Crippen molar-refractivity contribution in [2.75, 3.05) is 37.9 Å². The summed E-state index contributed by atoms with van der Waals surface area (Å²) < 4.78 is 10.7. The number of nitrogens with zero attached hydrogens (tertiary/aromatic N) is 1. The van der Waals surface area contributed by atoms with Gasteiger partial charge in [-0.3, -0.25) is 5.32 Å². The van der Waals surface area contributed by atoms with Crippen LogP contribution in [-0.4, -0.2) is 49.9 Å². The summed E-state index contributed by atoms with van der Waals surface area (Å²) in [6.45, 7) is 7.56. The average Bonchev–Trinajstić information content (AvgIpc) is 2.53. The Kier molecular flexibility index (Phi) is 6.53. The first-order valence-electron chi connectivity index (χ1n) is 8.90. The summed E-state index contributed by atoms with van der Waals surface area (Å²) >= 11 is 0. The molecule has 1 aliphatic rings. The number of rotatable bonds is 5. The van der Waals surface area contributed by atoms with Gasteiger partial charge in [-0.15, -0.1) is 0 Å². The van der Waals surface area contributed by atoms with Gasteiger partial charge in [-0.1, -0.05) is 6.42 Å². The third kappa shape index (κ3) is 6.12. The normalized spacial score (nSPS) is 18.5. The third-order valence-electron chi connectivity index (χ3n) is 4.30. The molecule has 6 heteroatoms. The molecule has 2 N–H and O–H groups in total. The van der Waals surface area contributed by atoms with Gasteiger partial charge in [0.05, 0.1) is 12.8 Å². The largest absolute Gasteiger partial charge is 0.494 e. The molecule has 1 amide bonds. The molecule has 6 nitrogen and oxygen atoms in total. The van der Waals surface area contributed by atoms with Gasteiger partial charge in [-0.05, 0) is 59.3 Å². The van der Waals surface area contributed by atoms with Crippen molar-refractivity contribution in [1.29, 1.82) is 0 Å². The van der Waals surface area contributed by atoms with Gasteiger partial charge in [0.15, 0.2) is 0 Å². The Morgan fingerprint density at radius 1 is 1.32 bits per heavy atom. The van der Waals surface area contributed by atoms with Crippen molar-refractivity contribution in [2.45, 2.75) is 51.7 Å². The predicted molar refractivity (Wildman–Crippen MR) is 102 cm³/mol. The number of carbonyl (C=O) groups is 1. The Morgan fingerprint density at radius 2 is 2.08 bits per heavy atom. The van der Waals surface area contributed by atoms with Crippen LogP contribution >= 0.6 is 0 Å². The lowest BCUT2D eigenvalue weighted by Gasteiger charge is -2.32. The van der Waals surface area contributed by atoms with Gasteiger partial charge >= 0.3 is 6.09 Å². The molecule has 1 unspecified atom stereocenters. The van der Waals surface area contributed by atoms with Crippen molar-refractivity contribution >= 4 is 17.5 Å². The van der Waals surface area contributed by atoms with Crippen LogP contribution in [0.4, 0.5) is 16.2 Å². The van der Waals surface area contributed by atoms with Crippen LogP contribution in [0.2, 0.25) is 0 Å². The Bertz CT molecular complexity index is 584. The second kappa shape index (κ2) is 8.43. The highest BCUT2D eigenvalue weighted by atomic mass is 16.6. The van der Waals surface area contributed by atoms with Gasteiger partial charge in [-0.2, -0.15) is 0 Å². The van der Waals surface area contributed by atoms with E-state index in [1.54, 1.807) is 7.11 Å². The van der Waals surface area contributed by atoms with E-state index in [1.807, 2.05) is 39.0 Å². The smallest absolute Gasteiger partial charge is 0.412 e. The lowest BCUT2D eigenvalue weighted by Crippen LogP contribution is -2.40. The van der Waals surface area contributed by atoms with Crippen molar-refractivity contribution < 1.29 is 14.3 Å². The minimum atomic E-state index is -0.537. The number of ether oxygens (including phenoxy) is 2. The fraction of sp³-hybridized carbons (Fsp3) is 0.632. The maximum absolute atomic E-state index is 11.9. The second-order valence-corrected chi connectivity index (χ2v) is 7.55. The third-order valence-corrected chi connectivity index (χ3v) is 4.30. The molecular weight excluding hydrogens is 318 g/mol. The van der Waals surface area contributed by atoms with Gasteiger partial charge in [0, 0.05) is 24.3 Å². The summed E-state index contributed by atoms with van der Waals surface area (Å²) in [6, 6.07) is 6.22. The monoisotopic (exact) mass is 349 g/mol. The SMILES string of the molecule is COc1cc(NCC2CCCCN2C)ccc1NC(=O)OC(C)(C)C. The van der Waals surface area contributed by atoms with E-state index in [0.29, 0.717) is 17.5 Å². The quantitative estimate of drug-likeness (QED) is 0.843. The molecular formula is C19H31N3O3. The molecule has 1 atom stereocenters. The summed E-state index contributed by atoms with van der Waals surface area (Å²) in [5.74, 6) is 0.604. The predicted octanol–water partition coefficient (Wildman–Crippen LogP) is 3.94. The molecule has 1 aromatic rings. The number of methoxy groups -OCH3 is 1. The van der Waals surface area contributed by atoms with Gasteiger partial charge < -0.3 is 19.7 Å². The van der Waals surface area contributed by atoms with Crippen molar-refractivity contribution in [3.63, 3.8) is 0 Å². The molecule has 0 spiro atoms. The van der Waals surface area contributed by atoms with Crippen LogP contribution in [-0.2, 0) is 4.74 Å². The van der Waals surface area contributed by atoms with Crippen LogP contribution in [0.1, 0.15) is 40.0 Å². The van der Waals surface area contributed by atoms with Crippen molar-refractivity contribution in [1.82, 2.24) is 4.90 Å². The number of amides is 1. The lowest BCUT2D eigenvalue weighted by atomic mass is 10.0. The Balaban J connectivity index is 1.97. The van der Waals surface area contributed by atoms with Gasteiger partial charge in [0.2, 0.25) is 0 Å². The fourth-order valence-corrected chi connectivity index (χ4v) is 2.96. The summed E-state index contributed by atoms with van der Waals surface area (Å²) in [5, 5.41) is 6.21. The highest BCUT2D eigenvalue weighted by Gasteiger charge is 2.19. The minimum Gasteiger partial charge on any atom is -0.494 e. The molecule has 0 bridgehead atoms. The number of likely N-dealkylation sites (N-methyl/N-ethyl adjacent to an activating group) is 1. The van der Waals surface area contributed by atoms with E-state index in [1.165, 1.54) is 19.3 Å². The molecule has 1 aliphatic heterocycles. The standard InChI is InChI=1S/C19H31N3O3/c1-19(2,3)25-18(23)21-16-10-9-14(12-17(16)24-5)20-13-15-8-6-7-11-22(15)4/h9-10,12,15,20H,6-8,11,13H2,1-5H3,(H,21,23). The summed E-state index contributed by atoms with van der Waals surface area (Å²) in [6.07, 6.45) is 3.30. The summed E-state index contributed by atoms with van der Waals surface area (Å²) in [5.41, 5.74) is 1.04. The number of likely N-dealkylation sites (tertiary alicyclic amines) is 1. The zero-order valence-corrected chi connectivity index (χ0v) is 16.0. The minimum absolute atomic E-state index is 0.490. The molecule has 25 heavy (non-hydrogen) atoms. The molecule has 0 aromatic heterocycles. The molecule has 0 saturated carbocycles. The van der Waals surface area contributed by atoms with E-state index in [-0.39, 0.29) is 0 Å². The van der Waals surface area contributed by atoms with Crippen molar-refractivity contribution in [3.8, 4) is 5.75 Å². The zero-order chi connectivity index (χ0) is 18.4. The first kappa shape index (κ1) is 19.4. The van der Waals surface area contributed by atoms with E-state index in [4.69, 9.17) is 9.47 Å². The van der Waals surface area contributed by atoms with E-state index >= 15 is 0 Å². The number of benzene rings is 1. The molecule has 2 rings (SSSR count). The van der Waals surface area contributed by atoms with Crippen LogP contribution in [0.5, 0.6) is 5.75 Å². The van der Waals surface area contributed by atoms with E-state index in [2.05, 4.69) is 22.6 Å². The van der Waals surface area contributed by atoms with Crippen LogP contribution in [0.25, 0.3) is 0 Å². The highest BCUT2D eigenvalue weighted by molar-refractivity contribution is 5.87. The number of hydrogen-bond donors (Lipinski definition) is 2. The van der Waals surface area contributed by atoms with Gasteiger partial charge in [0.1, 0.15) is 11.4 Å². The highest BCUT2D eigenvalue weighted by Crippen LogP contribution is 2.29. The van der Waals surface area contributed by atoms with E-state index < -0.39 is 11.7 Å². The van der Waals surface area contributed by atoms with Crippen molar-refractivity contribution in [2.24, 2.45) is 0 Å². The topological polar surface area (TPSA) is 62.8 Å². The van der Waals surface area contributed by atoms with E-state index in [9.17, 15) is 4.79 Å². The first-order chi connectivity index (χ1) is 11.8. The number of piperidine rings is 1. The van der Waals surface area contributed by atoms with Crippen LogP contribution in [0.15, 0.2) is 18.2 Å². The Labute approximate surface area is 150 Å². The molecule has 0 aliphatic carbocycles. The van der Waals surface area contributed by atoms with Crippen LogP contribution in [0.3, 0.4) is 0 Å². The van der Waals surface area contributed by atoms with Gasteiger partial charge in [0.25, 0.3) is 0 Å². The number of anilines is 2. The molecule has 140 valence electrons. The number of nitrogens with one attached hydrogen (secondary N) is 2. The van der Waals surface area contributed by atoms with Crippen LogP contribution in [0, 0.1) is 0 Å². The second-order valence-electron chi connectivity index (χ2n) is 7.55. The summed E-state index contributed by atoms with van der Waals surface area (Å²) in [7, 11) is 3.77. The maximum atomic E-state index is 11.9. The molecule has 1 aromatic carbocycles. The molecule has 1 heterocycles. The number of hydrogen-bond acceptors (Lipinski definition) is 5. The summed E-state index contributed by atoms with van der Waals surface area (Å²) in [4.78, 5) is 14.3. The van der Waals surface area contributed by atoms with Crippen LogP contribution < -0.4 is 15.4 Å². The molecule has 1 fully saturated rings. The molecule has 1 saturated heterocycles. The lowest BCUT2D eigenvalue weighted by molar-refractivity contribution is 0.0635. The first-order valence-corrected chi connectivity index (χ1v) is 8.90. The Morgan fingerprint density at radius 3 is 2.72 bits per heavy atom. The van der Waals surface area contributed by atoms with Crippen molar-refractivity contribution in [3.05, 3.63) is 18.2 Å².